The van der Waals surface area contributed by atoms with Crippen molar-refractivity contribution in [2.24, 2.45) is 0 Å². The summed E-state index contributed by atoms with van der Waals surface area (Å²) in [5.74, 6) is 1.40. The van der Waals surface area contributed by atoms with Crippen molar-refractivity contribution in [1.82, 2.24) is 35.1 Å². The molecule has 0 aliphatic rings. The van der Waals surface area contributed by atoms with Gasteiger partial charge in [-0.2, -0.15) is 5.10 Å². The molecule has 0 fully saturated rings. The first-order valence-corrected chi connectivity index (χ1v) is 10.5. The van der Waals surface area contributed by atoms with Crippen LogP contribution in [0.25, 0.3) is 56.0 Å². The molecule has 8 nitrogen and oxygen atoms in total. The summed E-state index contributed by atoms with van der Waals surface area (Å²) in [6.07, 6.45) is 7.19. The van der Waals surface area contributed by atoms with E-state index in [0.29, 0.717) is 11.5 Å². The molecule has 0 radical (unpaired) electrons. The number of imidazole rings is 1. The highest BCUT2D eigenvalue weighted by Gasteiger charge is 2.17. The summed E-state index contributed by atoms with van der Waals surface area (Å²) in [5, 5.41) is 7.58. The van der Waals surface area contributed by atoms with Crippen molar-refractivity contribution in [3.8, 4) is 39.7 Å². The van der Waals surface area contributed by atoms with Gasteiger partial charge >= 0.3 is 0 Å². The van der Waals surface area contributed by atoms with E-state index in [1.165, 1.54) is 0 Å². The zero-order valence-corrected chi connectivity index (χ0v) is 18.0. The molecule has 0 saturated carbocycles. The number of pyridine rings is 3. The van der Waals surface area contributed by atoms with Gasteiger partial charge in [0.1, 0.15) is 11.3 Å². The van der Waals surface area contributed by atoms with Crippen molar-refractivity contribution in [3.05, 3.63) is 72.8 Å². The van der Waals surface area contributed by atoms with E-state index in [4.69, 9.17) is 14.7 Å². The summed E-state index contributed by atoms with van der Waals surface area (Å²) in [5.41, 5.74) is 8.68. The van der Waals surface area contributed by atoms with Crippen LogP contribution in [-0.4, -0.2) is 42.2 Å². The monoisotopic (exact) mass is 433 g/mol. The van der Waals surface area contributed by atoms with Gasteiger partial charge in [0.05, 0.1) is 35.6 Å². The summed E-state index contributed by atoms with van der Waals surface area (Å²) in [6.45, 7) is 2.05. The van der Waals surface area contributed by atoms with Crippen molar-refractivity contribution in [3.63, 3.8) is 0 Å². The molecule has 6 aromatic rings. The topological polar surface area (TPSA) is 105 Å². The molecule has 8 heteroatoms. The van der Waals surface area contributed by atoms with E-state index in [1.807, 2.05) is 61.8 Å². The van der Waals surface area contributed by atoms with Gasteiger partial charge < -0.3 is 9.72 Å². The first kappa shape index (κ1) is 19.1. The smallest absolute Gasteiger partial charge is 0.161 e. The van der Waals surface area contributed by atoms with Crippen LogP contribution in [0.3, 0.4) is 0 Å². The highest BCUT2D eigenvalue weighted by Crippen LogP contribution is 2.32. The average Bonchev–Trinajstić information content (AvgIpc) is 3.47. The molecule has 0 saturated heterocycles. The predicted octanol–water partition coefficient (Wildman–Crippen LogP) is 4.94. The van der Waals surface area contributed by atoms with Crippen LogP contribution in [0.15, 0.2) is 67.3 Å². The molecular formula is C25H19N7O. The molecule has 0 spiro atoms. The molecule has 0 bridgehead atoms. The van der Waals surface area contributed by atoms with Crippen LogP contribution in [0.1, 0.15) is 5.56 Å². The number of H-pyrrole nitrogens is 2. The number of aryl methyl sites for hydroxylation is 1. The number of rotatable bonds is 4. The SMILES string of the molecule is COc1cccc(-c2cncc3[nH]c(-c4n[nH]c5ccc(-c6cnccc6C)nc45)nc23)c1. The van der Waals surface area contributed by atoms with Gasteiger partial charge in [-0.25, -0.2) is 9.97 Å². The number of aromatic nitrogens is 7. The Balaban J connectivity index is 1.50. The summed E-state index contributed by atoms with van der Waals surface area (Å²) in [7, 11) is 1.65. The fraction of sp³-hybridized carbons (Fsp3) is 0.0800. The molecule has 33 heavy (non-hydrogen) atoms. The fourth-order valence-electron chi connectivity index (χ4n) is 3.99. The zero-order chi connectivity index (χ0) is 22.4. The third kappa shape index (κ3) is 3.20. The van der Waals surface area contributed by atoms with Gasteiger partial charge in [-0.05, 0) is 48.4 Å². The number of aromatic amines is 2. The lowest BCUT2D eigenvalue weighted by Gasteiger charge is -2.04. The van der Waals surface area contributed by atoms with Crippen LogP contribution in [0.2, 0.25) is 0 Å². The second kappa shape index (κ2) is 7.52. The Bertz CT molecular complexity index is 1630. The Labute approximate surface area is 188 Å². The van der Waals surface area contributed by atoms with Gasteiger partial charge in [-0.3, -0.25) is 15.1 Å². The molecule has 6 rings (SSSR count). The van der Waals surface area contributed by atoms with Gasteiger partial charge in [0.2, 0.25) is 0 Å². The van der Waals surface area contributed by atoms with Crippen LogP contribution in [0, 0.1) is 6.92 Å². The quantitative estimate of drug-likeness (QED) is 0.408. The Morgan fingerprint density at radius 2 is 1.76 bits per heavy atom. The third-order valence-corrected chi connectivity index (χ3v) is 5.72. The number of methoxy groups -OCH3 is 1. The molecule has 5 heterocycles. The largest absolute Gasteiger partial charge is 0.497 e. The third-order valence-electron chi connectivity index (χ3n) is 5.72. The second-order valence-electron chi connectivity index (χ2n) is 7.76. The van der Waals surface area contributed by atoms with Crippen LogP contribution in [0.4, 0.5) is 0 Å². The molecule has 2 N–H and O–H groups in total. The van der Waals surface area contributed by atoms with E-state index in [0.717, 1.165) is 55.8 Å². The van der Waals surface area contributed by atoms with Crippen LogP contribution < -0.4 is 4.74 Å². The first-order valence-electron chi connectivity index (χ1n) is 10.5. The summed E-state index contributed by atoms with van der Waals surface area (Å²) in [6, 6.07) is 13.8. The van der Waals surface area contributed by atoms with Gasteiger partial charge in [-0.1, -0.05) is 12.1 Å². The van der Waals surface area contributed by atoms with Crippen molar-refractivity contribution < 1.29 is 4.74 Å². The van der Waals surface area contributed by atoms with Gasteiger partial charge in [0, 0.05) is 29.7 Å². The molecule has 5 aromatic heterocycles. The Hall–Kier alpha value is -4.59. The van der Waals surface area contributed by atoms with E-state index in [-0.39, 0.29) is 0 Å². The highest BCUT2D eigenvalue weighted by molar-refractivity contribution is 5.96. The normalized spacial score (nSPS) is 11.3. The molecule has 0 atom stereocenters. The lowest BCUT2D eigenvalue weighted by atomic mass is 10.1. The average molecular weight is 433 g/mol. The molecule has 0 aliphatic heterocycles. The van der Waals surface area contributed by atoms with E-state index >= 15 is 0 Å². The zero-order valence-electron chi connectivity index (χ0n) is 18.0. The number of hydrogen-bond donors (Lipinski definition) is 2. The van der Waals surface area contributed by atoms with Gasteiger partial charge in [0.15, 0.2) is 11.5 Å². The lowest BCUT2D eigenvalue weighted by molar-refractivity contribution is 0.415. The summed E-state index contributed by atoms with van der Waals surface area (Å²) in [4.78, 5) is 21.8. The van der Waals surface area contributed by atoms with Crippen molar-refractivity contribution >= 4 is 22.1 Å². The standard InChI is InChI=1S/C25H19N7O/c1-14-8-9-26-11-17(14)19-6-7-20-23(28-19)24(32-31-20)25-29-21-13-27-12-18(22(21)30-25)15-4-3-5-16(10-15)33-2/h3-13H,1-2H3,(H,29,30)(H,31,32). The molecule has 160 valence electrons. The summed E-state index contributed by atoms with van der Waals surface area (Å²) < 4.78 is 5.38. The van der Waals surface area contributed by atoms with Crippen LogP contribution in [0.5, 0.6) is 5.75 Å². The highest BCUT2D eigenvalue weighted by atomic mass is 16.5. The van der Waals surface area contributed by atoms with E-state index in [9.17, 15) is 0 Å². The minimum absolute atomic E-state index is 0.626. The maximum Gasteiger partial charge on any atom is 0.161 e. The van der Waals surface area contributed by atoms with Gasteiger partial charge in [-0.15, -0.1) is 0 Å². The Morgan fingerprint density at radius 3 is 2.64 bits per heavy atom. The fourth-order valence-corrected chi connectivity index (χ4v) is 3.99. The predicted molar refractivity (Wildman–Crippen MR) is 127 cm³/mol. The second-order valence-corrected chi connectivity index (χ2v) is 7.76. The Morgan fingerprint density at radius 1 is 0.848 bits per heavy atom. The maximum atomic E-state index is 5.38. The number of hydrogen-bond acceptors (Lipinski definition) is 6. The van der Waals surface area contributed by atoms with E-state index in [2.05, 4.69) is 25.1 Å². The molecule has 0 unspecified atom stereocenters. The van der Waals surface area contributed by atoms with Gasteiger partial charge in [0.25, 0.3) is 0 Å². The Kier molecular flexibility index (Phi) is 4.36. The van der Waals surface area contributed by atoms with Crippen LogP contribution >= 0.6 is 0 Å². The summed E-state index contributed by atoms with van der Waals surface area (Å²) >= 11 is 0. The number of nitrogens with zero attached hydrogens (tertiary/aromatic N) is 5. The molecule has 0 aliphatic carbocycles. The number of fused-ring (bicyclic) bond motifs is 2. The van der Waals surface area contributed by atoms with Crippen molar-refractivity contribution in [2.75, 3.05) is 7.11 Å². The van der Waals surface area contributed by atoms with E-state index in [1.54, 1.807) is 19.5 Å². The van der Waals surface area contributed by atoms with Crippen molar-refractivity contribution in [1.29, 1.82) is 0 Å². The number of ether oxygens (including phenoxy) is 1. The minimum atomic E-state index is 0.626. The number of benzene rings is 1. The maximum absolute atomic E-state index is 5.38. The molecule has 0 amide bonds. The number of nitrogens with one attached hydrogen (secondary N) is 2. The minimum Gasteiger partial charge on any atom is -0.497 e. The van der Waals surface area contributed by atoms with E-state index < -0.39 is 0 Å². The molecular weight excluding hydrogens is 414 g/mol. The van der Waals surface area contributed by atoms with Crippen LogP contribution in [-0.2, 0) is 0 Å². The lowest BCUT2D eigenvalue weighted by Crippen LogP contribution is -1.90. The van der Waals surface area contributed by atoms with Crippen molar-refractivity contribution in [2.45, 2.75) is 6.92 Å². The molecule has 1 aromatic carbocycles. The first-order chi connectivity index (χ1) is 16.2.